The Morgan fingerprint density at radius 1 is 0.921 bits per heavy atom. The Morgan fingerprint density at radius 3 is 2.08 bits per heavy atom. The van der Waals surface area contributed by atoms with Crippen LogP contribution in [-0.4, -0.2) is 108 Å². The number of sulfonamides is 1. The van der Waals surface area contributed by atoms with Gasteiger partial charge in [-0.1, -0.05) is 12.1 Å². The maximum atomic E-state index is 12.4. The molecule has 10 nitrogen and oxygen atoms in total. The van der Waals surface area contributed by atoms with Crippen LogP contribution in [0.3, 0.4) is 0 Å². The van der Waals surface area contributed by atoms with E-state index in [1.165, 1.54) is 16.8 Å². The fourth-order valence-electron chi connectivity index (χ4n) is 4.86. The van der Waals surface area contributed by atoms with Gasteiger partial charge < -0.3 is 9.47 Å². The largest absolute Gasteiger partial charge is 0.492 e. The molecule has 0 N–H and O–H groups in total. The van der Waals surface area contributed by atoms with Crippen molar-refractivity contribution < 1.29 is 26.3 Å². The van der Waals surface area contributed by atoms with Crippen molar-refractivity contribution in [1.29, 1.82) is 5.26 Å². The minimum absolute atomic E-state index is 0.0317. The highest BCUT2D eigenvalue weighted by molar-refractivity contribution is 7.90. The summed E-state index contributed by atoms with van der Waals surface area (Å²) in [5.41, 5.74) is 1.60. The molecule has 2 aliphatic rings. The van der Waals surface area contributed by atoms with Crippen LogP contribution in [0.5, 0.6) is 5.75 Å². The van der Waals surface area contributed by atoms with Crippen LogP contribution in [0.25, 0.3) is 0 Å². The average Bonchev–Trinajstić information content (AvgIpc) is 2.85. The van der Waals surface area contributed by atoms with Gasteiger partial charge in [-0.15, -0.1) is 0 Å². The van der Waals surface area contributed by atoms with Gasteiger partial charge in [-0.05, 0) is 42.0 Å². The number of sulfone groups is 1. The molecule has 2 aliphatic heterocycles. The molecule has 0 radical (unpaired) electrons. The third-order valence-electron chi connectivity index (χ3n) is 6.72. The molecule has 0 amide bonds. The van der Waals surface area contributed by atoms with Crippen LogP contribution in [0.4, 0.5) is 0 Å². The molecule has 12 heteroatoms. The summed E-state index contributed by atoms with van der Waals surface area (Å²) in [4.78, 5) is 4.91. The Kier molecular flexibility index (Phi) is 9.07. The zero-order valence-corrected chi connectivity index (χ0v) is 23.3. The molecule has 2 bridgehead atoms. The minimum Gasteiger partial charge on any atom is -0.492 e. The van der Waals surface area contributed by atoms with Crippen LogP contribution in [0.1, 0.15) is 11.1 Å². The third kappa shape index (κ3) is 7.99. The molecular formula is C26H34N4O6S2. The van der Waals surface area contributed by atoms with Gasteiger partial charge in [0.05, 0.1) is 35.0 Å². The van der Waals surface area contributed by atoms with Crippen molar-refractivity contribution in [2.45, 2.75) is 23.6 Å². The lowest BCUT2D eigenvalue weighted by atomic mass is 10.1. The van der Waals surface area contributed by atoms with E-state index < -0.39 is 19.9 Å². The summed E-state index contributed by atoms with van der Waals surface area (Å²) in [5.74, 6) is 0.592. The fourth-order valence-corrected chi connectivity index (χ4v) is 6.31. The molecule has 0 spiro atoms. The Labute approximate surface area is 225 Å². The van der Waals surface area contributed by atoms with E-state index in [-0.39, 0.29) is 25.4 Å². The molecule has 206 valence electrons. The van der Waals surface area contributed by atoms with E-state index in [9.17, 15) is 16.8 Å². The monoisotopic (exact) mass is 562 g/mol. The second kappa shape index (κ2) is 12.1. The molecule has 2 aromatic rings. The summed E-state index contributed by atoms with van der Waals surface area (Å²) < 4.78 is 61.4. The van der Waals surface area contributed by atoms with Crippen molar-refractivity contribution >= 4 is 19.9 Å². The topological polar surface area (TPSA) is 120 Å². The first kappa shape index (κ1) is 28.5. The normalized spacial score (nSPS) is 20.8. The van der Waals surface area contributed by atoms with Crippen LogP contribution < -0.4 is 4.74 Å². The van der Waals surface area contributed by atoms with E-state index in [1.54, 1.807) is 36.4 Å². The summed E-state index contributed by atoms with van der Waals surface area (Å²) in [6.07, 6.45) is 2.48. The van der Waals surface area contributed by atoms with Gasteiger partial charge in [0, 0.05) is 58.6 Å². The number of morpholine rings is 2. The minimum atomic E-state index is -3.40. The summed E-state index contributed by atoms with van der Waals surface area (Å²) in [6.45, 7) is 5.11. The first-order chi connectivity index (χ1) is 18.0. The average molecular weight is 563 g/mol. The summed E-state index contributed by atoms with van der Waals surface area (Å²) >= 11 is 0. The van der Waals surface area contributed by atoms with E-state index >= 15 is 0 Å². The Balaban J connectivity index is 1.25. The van der Waals surface area contributed by atoms with Crippen LogP contribution in [0, 0.1) is 11.3 Å². The second-order valence-electron chi connectivity index (χ2n) is 9.90. The lowest BCUT2D eigenvalue weighted by Crippen LogP contribution is -2.60. The number of ether oxygens (including phenoxy) is 2. The van der Waals surface area contributed by atoms with E-state index in [0.717, 1.165) is 38.3 Å². The maximum absolute atomic E-state index is 12.4. The molecule has 2 fully saturated rings. The SMILES string of the molecule is CS(=O)(=O)c1ccc(CN2CC3CN(CCN(CCOc4ccc(C#N)cc4)S(C)(=O)=O)CC(C2)O3)cc1. The van der Waals surface area contributed by atoms with Crippen molar-refractivity contribution in [3.8, 4) is 11.8 Å². The predicted molar refractivity (Wildman–Crippen MR) is 143 cm³/mol. The Hall–Kier alpha value is -2.53. The van der Waals surface area contributed by atoms with Crippen molar-refractivity contribution in [2.24, 2.45) is 0 Å². The maximum Gasteiger partial charge on any atom is 0.211 e. The van der Waals surface area contributed by atoms with Crippen molar-refractivity contribution in [1.82, 2.24) is 14.1 Å². The molecule has 2 aromatic carbocycles. The van der Waals surface area contributed by atoms with Crippen LogP contribution in [-0.2, 0) is 31.1 Å². The zero-order chi connectivity index (χ0) is 27.3. The van der Waals surface area contributed by atoms with Crippen molar-refractivity contribution in [3.63, 3.8) is 0 Å². The van der Waals surface area contributed by atoms with Gasteiger partial charge >= 0.3 is 0 Å². The van der Waals surface area contributed by atoms with Crippen LogP contribution >= 0.6 is 0 Å². The van der Waals surface area contributed by atoms with Crippen molar-refractivity contribution in [3.05, 3.63) is 59.7 Å². The molecular weight excluding hydrogens is 528 g/mol. The molecule has 0 aromatic heterocycles. The molecule has 0 aliphatic carbocycles. The number of benzene rings is 2. The number of hydrogen-bond donors (Lipinski definition) is 0. The first-order valence-electron chi connectivity index (χ1n) is 12.5. The quantitative estimate of drug-likeness (QED) is 0.398. The van der Waals surface area contributed by atoms with Crippen LogP contribution in [0.2, 0.25) is 0 Å². The van der Waals surface area contributed by atoms with E-state index in [4.69, 9.17) is 14.7 Å². The zero-order valence-electron chi connectivity index (χ0n) is 21.7. The molecule has 4 rings (SSSR count). The molecule has 0 saturated carbocycles. The predicted octanol–water partition coefficient (Wildman–Crippen LogP) is 1.19. The molecule has 38 heavy (non-hydrogen) atoms. The fraction of sp³-hybridized carbons (Fsp3) is 0.500. The summed E-state index contributed by atoms with van der Waals surface area (Å²) in [6, 6.07) is 15.8. The van der Waals surface area contributed by atoms with E-state index in [2.05, 4.69) is 15.9 Å². The van der Waals surface area contributed by atoms with Crippen molar-refractivity contribution in [2.75, 3.05) is 64.9 Å². The summed E-state index contributed by atoms with van der Waals surface area (Å²) in [5, 5.41) is 8.89. The third-order valence-corrected chi connectivity index (χ3v) is 9.15. The number of fused-ring (bicyclic) bond motifs is 2. The number of rotatable bonds is 11. The number of hydrogen-bond acceptors (Lipinski definition) is 9. The highest BCUT2D eigenvalue weighted by Gasteiger charge is 2.35. The molecule has 2 unspecified atom stereocenters. The number of nitrogens with zero attached hydrogens (tertiary/aromatic N) is 4. The first-order valence-corrected chi connectivity index (χ1v) is 16.2. The number of nitriles is 1. The van der Waals surface area contributed by atoms with Gasteiger partial charge in [0.1, 0.15) is 12.4 Å². The van der Waals surface area contributed by atoms with E-state index in [1.807, 2.05) is 12.1 Å². The van der Waals surface area contributed by atoms with Crippen LogP contribution in [0.15, 0.2) is 53.4 Å². The van der Waals surface area contributed by atoms with Gasteiger partial charge in [-0.2, -0.15) is 9.57 Å². The lowest BCUT2D eigenvalue weighted by Gasteiger charge is -2.46. The smallest absolute Gasteiger partial charge is 0.211 e. The standard InChI is InChI=1S/C26H34N4O6S2/c1-37(31,32)26-9-5-22(6-10-26)16-29-19-24-17-28(18-25(20-29)36-24)11-12-30(38(2,33)34)13-14-35-23-7-3-21(15-27)4-8-23/h3-10,24-25H,11-14,16-20H2,1-2H3. The lowest BCUT2D eigenvalue weighted by molar-refractivity contribution is -0.140. The Bertz CT molecular complexity index is 1330. The highest BCUT2D eigenvalue weighted by atomic mass is 32.2. The van der Waals surface area contributed by atoms with Gasteiger partial charge in [0.2, 0.25) is 10.0 Å². The van der Waals surface area contributed by atoms with Gasteiger partial charge in [-0.25, -0.2) is 16.8 Å². The molecule has 2 atom stereocenters. The van der Waals surface area contributed by atoms with E-state index in [0.29, 0.717) is 29.3 Å². The molecule has 2 saturated heterocycles. The Morgan fingerprint density at radius 2 is 1.53 bits per heavy atom. The van der Waals surface area contributed by atoms with Gasteiger partial charge in [0.15, 0.2) is 9.84 Å². The van der Waals surface area contributed by atoms with Gasteiger partial charge in [-0.3, -0.25) is 9.80 Å². The highest BCUT2D eigenvalue weighted by Crippen LogP contribution is 2.21. The van der Waals surface area contributed by atoms with Gasteiger partial charge in [0.25, 0.3) is 0 Å². The second-order valence-corrected chi connectivity index (χ2v) is 13.9. The summed E-state index contributed by atoms with van der Waals surface area (Å²) in [7, 11) is -6.61. The molecule has 2 heterocycles.